The van der Waals surface area contributed by atoms with E-state index in [2.05, 4.69) is 10.6 Å². The minimum Gasteiger partial charge on any atom is -0.325 e. The predicted octanol–water partition coefficient (Wildman–Crippen LogP) is 4.18. The Morgan fingerprint density at radius 3 is 2.00 bits per heavy atom. The fourth-order valence-corrected chi connectivity index (χ4v) is 2.08. The molecule has 27 heavy (non-hydrogen) atoms. The lowest BCUT2D eigenvalue weighted by Gasteiger charge is -2.23. The molecule has 0 unspecified atom stereocenters. The molecule has 2 aromatic carbocycles. The number of benzene rings is 2. The van der Waals surface area contributed by atoms with E-state index in [0.717, 1.165) is 12.1 Å². The standard InChI is InChI=1S/C19H16F3N3O2/c1-18(2,16(26)24-14-8-6-12(11-23)7-9-14)17(27)25-15-5-3-4-13(10-15)19(20,21)22/h3-10H,1-2H3,(H,24,26)(H,25,27). The highest BCUT2D eigenvalue weighted by molar-refractivity contribution is 6.14. The second kappa shape index (κ2) is 7.50. The maximum absolute atomic E-state index is 12.8. The molecule has 0 atom stereocenters. The molecule has 0 radical (unpaired) electrons. The third-order valence-electron chi connectivity index (χ3n) is 3.85. The summed E-state index contributed by atoms with van der Waals surface area (Å²) in [7, 11) is 0. The lowest BCUT2D eigenvalue weighted by molar-refractivity contribution is -0.138. The van der Waals surface area contributed by atoms with Gasteiger partial charge in [-0.05, 0) is 56.3 Å². The molecule has 0 aromatic heterocycles. The summed E-state index contributed by atoms with van der Waals surface area (Å²) in [6.45, 7) is 2.71. The zero-order chi connectivity index (χ0) is 20.2. The van der Waals surface area contributed by atoms with E-state index in [1.165, 1.54) is 50.2 Å². The SMILES string of the molecule is CC(C)(C(=O)Nc1ccc(C#N)cc1)C(=O)Nc1cccc(C(F)(F)F)c1. The highest BCUT2D eigenvalue weighted by Crippen LogP contribution is 2.31. The van der Waals surface area contributed by atoms with Crippen molar-refractivity contribution in [1.82, 2.24) is 0 Å². The van der Waals surface area contributed by atoms with E-state index in [1.54, 1.807) is 0 Å². The highest BCUT2D eigenvalue weighted by atomic mass is 19.4. The first kappa shape index (κ1) is 20.0. The van der Waals surface area contributed by atoms with E-state index in [1.807, 2.05) is 6.07 Å². The highest BCUT2D eigenvalue weighted by Gasteiger charge is 2.37. The summed E-state index contributed by atoms with van der Waals surface area (Å²) < 4.78 is 38.3. The van der Waals surface area contributed by atoms with Gasteiger partial charge in [0.05, 0.1) is 17.2 Å². The molecule has 0 aliphatic rings. The fraction of sp³-hybridized carbons (Fsp3) is 0.211. The molecule has 0 spiro atoms. The normalized spacial score (nSPS) is 11.4. The quantitative estimate of drug-likeness (QED) is 0.787. The van der Waals surface area contributed by atoms with Gasteiger partial charge in [0.2, 0.25) is 11.8 Å². The first-order valence-corrected chi connectivity index (χ1v) is 7.84. The van der Waals surface area contributed by atoms with Gasteiger partial charge in [-0.1, -0.05) is 6.07 Å². The third-order valence-corrected chi connectivity index (χ3v) is 3.85. The molecule has 0 aliphatic carbocycles. The first-order chi connectivity index (χ1) is 12.5. The molecule has 2 rings (SSSR count). The van der Waals surface area contributed by atoms with Crippen molar-refractivity contribution < 1.29 is 22.8 Å². The van der Waals surface area contributed by atoms with Crippen LogP contribution in [0.2, 0.25) is 0 Å². The molecule has 0 saturated carbocycles. The zero-order valence-electron chi connectivity index (χ0n) is 14.5. The molecule has 2 aromatic rings. The van der Waals surface area contributed by atoms with Crippen LogP contribution in [0.5, 0.6) is 0 Å². The Morgan fingerprint density at radius 2 is 1.48 bits per heavy atom. The van der Waals surface area contributed by atoms with Crippen LogP contribution >= 0.6 is 0 Å². The number of halogens is 3. The van der Waals surface area contributed by atoms with Crippen molar-refractivity contribution in [3.63, 3.8) is 0 Å². The van der Waals surface area contributed by atoms with Crippen molar-refractivity contribution in [2.75, 3.05) is 10.6 Å². The van der Waals surface area contributed by atoms with Gasteiger partial charge in [-0.25, -0.2) is 0 Å². The Labute approximate surface area is 153 Å². The second-order valence-corrected chi connectivity index (χ2v) is 6.30. The maximum Gasteiger partial charge on any atom is 0.416 e. The summed E-state index contributed by atoms with van der Waals surface area (Å²) >= 11 is 0. The molecule has 8 heteroatoms. The van der Waals surface area contributed by atoms with Crippen LogP contribution in [0.3, 0.4) is 0 Å². The van der Waals surface area contributed by atoms with Gasteiger partial charge in [0.25, 0.3) is 0 Å². The molecule has 0 bridgehead atoms. The molecular formula is C19H16F3N3O2. The molecule has 0 fully saturated rings. The van der Waals surface area contributed by atoms with E-state index in [4.69, 9.17) is 5.26 Å². The van der Waals surface area contributed by atoms with Crippen molar-refractivity contribution >= 4 is 23.2 Å². The smallest absolute Gasteiger partial charge is 0.325 e. The number of hydrogen-bond donors (Lipinski definition) is 2. The number of carbonyl (C=O) groups excluding carboxylic acids is 2. The largest absolute Gasteiger partial charge is 0.416 e. The van der Waals surface area contributed by atoms with Crippen molar-refractivity contribution in [2.24, 2.45) is 5.41 Å². The van der Waals surface area contributed by atoms with Gasteiger partial charge in [0.15, 0.2) is 0 Å². The number of alkyl halides is 3. The molecule has 140 valence electrons. The molecule has 2 N–H and O–H groups in total. The van der Waals surface area contributed by atoms with Crippen LogP contribution in [0, 0.1) is 16.7 Å². The third kappa shape index (κ3) is 4.85. The Bertz CT molecular complexity index is 898. The molecule has 5 nitrogen and oxygen atoms in total. The number of anilines is 2. The number of rotatable bonds is 4. The summed E-state index contributed by atoms with van der Waals surface area (Å²) in [4.78, 5) is 24.9. The number of nitrogens with zero attached hydrogens (tertiary/aromatic N) is 1. The Hall–Kier alpha value is -3.34. The molecule has 0 heterocycles. The van der Waals surface area contributed by atoms with Gasteiger partial charge in [0, 0.05) is 11.4 Å². The Morgan fingerprint density at radius 1 is 0.926 bits per heavy atom. The fourth-order valence-electron chi connectivity index (χ4n) is 2.08. The van der Waals surface area contributed by atoms with Gasteiger partial charge in [0.1, 0.15) is 5.41 Å². The summed E-state index contributed by atoms with van der Waals surface area (Å²) in [6, 6.07) is 12.1. The number of nitrogens with one attached hydrogen (secondary N) is 2. The summed E-state index contributed by atoms with van der Waals surface area (Å²) in [5, 5.41) is 13.6. The first-order valence-electron chi connectivity index (χ1n) is 7.84. The number of hydrogen-bond acceptors (Lipinski definition) is 3. The van der Waals surface area contributed by atoms with E-state index in [9.17, 15) is 22.8 Å². The number of carbonyl (C=O) groups is 2. The van der Waals surface area contributed by atoms with Crippen LogP contribution in [0.4, 0.5) is 24.5 Å². The van der Waals surface area contributed by atoms with Gasteiger partial charge in [-0.3, -0.25) is 9.59 Å². The van der Waals surface area contributed by atoms with Crippen molar-refractivity contribution in [3.8, 4) is 6.07 Å². The van der Waals surface area contributed by atoms with Crippen LogP contribution in [-0.4, -0.2) is 11.8 Å². The molecular weight excluding hydrogens is 359 g/mol. The van der Waals surface area contributed by atoms with Crippen LogP contribution in [0.25, 0.3) is 0 Å². The average molecular weight is 375 g/mol. The predicted molar refractivity (Wildman–Crippen MR) is 93.6 cm³/mol. The minimum atomic E-state index is -4.54. The van der Waals surface area contributed by atoms with E-state index in [0.29, 0.717) is 11.3 Å². The van der Waals surface area contributed by atoms with E-state index >= 15 is 0 Å². The summed E-state index contributed by atoms with van der Waals surface area (Å²) in [5.74, 6) is -1.40. The average Bonchev–Trinajstić information content (AvgIpc) is 2.61. The van der Waals surface area contributed by atoms with Crippen molar-refractivity contribution in [3.05, 3.63) is 59.7 Å². The molecule has 2 amide bonds. The minimum absolute atomic E-state index is 0.0610. The van der Waals surface area contributed by atoms with Gasteiger partial charge >= 0.3 is 6.18 Å². The number of nitriles is 1. The van der Waals surface area contributed by atoms with Gasteiger partial charge < -0.3 is 10.6 Å². The van der Waals surface area contributed by atoms with Crippen molar-refractivity contribution in [2.45, 2.75) is 20.0 Å². The van der Waals surface area contributed by atoms with Gasteiger partial charge in [-0.15, -0.1) is 0 Å². The Kier molecular flexibility index (Phi) is 5.55. The molecule has 0 saturated heterocycles. The van der Waals surface area contributed by atoms with Crippen LogP contribution in [0.15, 0.2) is 48.5 Å². The van der Waals surface area contributed by atoms with Crippen LogP contribution < -0.4 is 10.6 Å². The van der Waals surface area contributed by atoms with Crippen LogP contribution in [0.1, 0.15) is 25.0 Å². The Balaban J connectivity index is 2.11. The van der Waals surface area contributed by atoms with E-state index in [-0.39, 0.29) is 5.69 Å². The number of amides is 2. The van der Waals surface area contributed by atoms with Gasteiger partial charge in [-0.2, -0.15) is 18.4 Å². The lowest BCUT2D eigenvalue weighted by Crippen LogP contribution is -2.41. The topological polar surface area (TPSA) is 82.0 Å². The van der Waals surface area contributed by atoms with E-state index < -0.39 is 29.0 Å². The summed E-state index contributed by atoms with van der Waals surface area (Å²) in [6.07, 6.45) is -4.54. The zero-order valence-corrected chi connectivity index (χ0v) is 14.5. The van der Waals surface area contributed by atoms with Crippen LogP contribution in [-0.2, 0) is 15.8 Å². The van der Waals surface area contributed by atoms with Crippen molar-refractivity contribution in [1.29, 1.82) is 5.26 Å². The monoisotopic (exact) mass is 375 g/mol. The maximum atomic E-state index is 12.8. The molecule has 0 aliphatic heterocycles. The second-order valence-electron chi connectivity index (χ2n) is 6.30. The summed E-state index contributed by atoms with van der Waals surface area (Å²) in [5.41, 5.74) is -1.72. The lowest BCUT2D eigenvalue weighted by atomic mass is 9.90.